The maximum Gasteiger partial charge on any atom is 0.261 e. The zero-order valence-electron chi connectivity index (χ0n) is 24.5. The summed E-state index contributed by atoms with van der Waals surface area (Å²) < 4.78 is 16.6. The van der Waals surface area contributed by atoms with Crippen molar-refractivity contribution in [2.24, 2.45) is 0 Å². The van der Waals surface area contributed by atoms with Gasteiger partial charge >= 0.3 is 0 Å². The van der Waals surface area contributed by atoms with Crippen LogP contribution in [0.4, 0.5) is 5.69 Å². The van der Waals surface area contributed by atoms with Crippen molar-refractivity contribution in [2.75, 3.05) is 65.1 Å². The molecule has 3 amide bonds. The van der Waals surface area contributed by atoms with E-state index in [0.717, 1.165) is 35.5 Å². The number of likely N-dealkylation sites (N-methyl/N-ethyl adjacent to an activating group) is 1. The van der Waals surface area contributed by atoms with E-state index in [1.807, 2.05) is 24.3 Å². The number of rotatable bonds is 14. The molecule has 3 aromatic carbocycles. The summed E-state index contributed by atoms with van der Waals surface area (Å²) in [5.41, 5.74) is 4.86. The Morgan fingerprint density at radius 3 is 2.23 bits per heavy atom. The van der Waals surface area contributed by atoms with E-state index in [-0.39, 0.29) is 49.8 Å². The molecule has 0 saturated heterocycles. The number of anilines is 1. The summed E-state index contributed by atoms with van der Waals surface area (Å²) in [6.45, 7) is 3.65. The summed E-state index contributed by atoms with van der Waals surface area (Å²) in [7, 11) is 2.06. The van der Waals surface area contributed by atoms with Crippen LogP contribution in [0.25, 0.3) is 0 Å². The first-order valence-corrected chi connectivity index (χ1v) is 15.3. The van der Waals surface area contributed by atoms with Crippen LogP contribution in [0, 0.1) is 0 Å². The fraction of sp³-hybridized carbons (Fsp3) is 0.364. The number of imide groups is 1. The second kappa shape index (κ2) is 15.1. The molecule has 0 aliphatic carbocycles. The van der Waals surface area contributed by atoms with Crippen molar-refractivity contribution in [3.8, 4) is 0 Å². The van der Waals surface area contributed by atoms with E-state index >= 15 is 0 Å². The highest BCUT2D eigenvalue weighted by Crippen LogP contribution is 2.39. The Bertz CT molecular complexity index is 1480. The maximum atomic E-state index is 12.5. The van der Waals surface area contributed by atoms with E-state index in [2.05, 4.69) is 23.3 Å². The molecule has 0 radical (unpaired) electrons. The Morgan fingerprint density at radius 1 is 0.864 bits per heavy atom. The van der Waals surface area contributed by atoms with Gasteiger partial charge in [0.25, 0.3) is 11.8 Å². The minimum atomic E-state index is -0.292. The molecule has 2 aliphatic rings. The van der Waals surface area contributed by atoms with Crippen LogP contribution in [0.1, 0.15) is 49.7 Å². The van der Waals surface area contributed by atoms with Gasteiger partial charge in [0.1, 0.15) is 0 Å². The fourth-order valence-electron chi connectivity index (χ4n) is 5.49. The summed E-state index contributed by atoms with van der Waals surface area (Å²) >= 11 is 12.8. The first-order valence-electron chi connectivity index (χ1n) is 14.6. The number of benzene rings is 3. The number of carbonyl (C=O) groups excluding carboxylic acids is 3. The summed E-state index contributed by atoms with van der Waals surface area (Å²) in [4.78, 5) is 40.7. The number of amides is 3. The first kappa shape index (κ1) is 32.1. The monoisotopic (exact) mass is 639 g/mol. The second-order valence-corrected chi connectivity index (χ2v) is 11.6. The molecule has 232 valence electrons. The van der Waals surface area contributed by atoms with Gasteiger partial charge in [-0.3, -0.25) is 19.3 Å². The average molecular weight is 641 g/mol. The molecule has 5 rings (SSSR count). The van der Waals surface area contributed by atoms with Crippen LogP contribution < -0.4 is 5.32 Å². The first-order chi connectivity index (χ1) is 21.3. The van der Waals surface area contributed by atoms with Gasteiger partial charge in [-0.15, -0.1) is 0 Å². The van der Waals surface area contributed by atoms with E-state index in [0.29, 0.717) is 47.6 Å². The fourth-order valence-corrected chi connectivity index (χ4v) is 6.06. The molecule has 0 spiro atoms. The van der Waals surface area contributed by atoms with Crippen LogP contribution >= 0.6 is 23.2 Å². The highest BCUT2D eigenvalue weighted by Gasteiger charge is 2.34. The number of ether oxygens (including phenoxy) is 3. The average Bonchev–Trinajstić information content (AvgIpc) is 3.25. The lowest BCUT2D eigenvalue weighted by Gasteiger charge is -2.33. The van der Waals surface area contributed by atoms with E-state index in [1.54, 1.807) is 30.3 Å². The minimum Gasteiger partial charge on any atom is -0.379 e. The molecule has 3 aromatic rings. The van der Waals surface area contributed by atoms with Gasteiger partial charge in [0, 0.05) is 34.7 Å². The number of hydrogen-bond donors (Lipinski definition) is 1. The third kappa shape index (κ3) is 7.85. The Hall–Kier alpha value is -3.31. The van der Waals surface area contributed by atoms with Crippen LogP contribution in [0.3, 0.4) is 0 Å². The Kier molecular flexibility index (Phi) is 11.0. The third-order valence-corrected chi connectivity index (χ3v) is 8.18. The molecule has 11 heteroatoms. The predicted molar refractivity (Wildman–Crippen MR) is 169 cm³/mol. The van der Waals surface area contributed by atoms with Gasteiger partial charge in [-0.05, 0) is 60.1 Å². The second-order valence-electron chi connectivity index (χ2n) is 10.8. The van der Waals surface area contributed by atoms with Crippen LogP contribution in [0.5, 0.6) is 0 Å². The van der Waals surface area contributed by atoms with Crippen LogP contribution in [0.15, 0.2) is 60.7 Å². The van der Waals surface area contributed by atoms with E-state index in [1.165, 1.54) is 4.90 Å². The highest BCUT2D eigenvalue weighted by atomic mass is 35.5. The zero-order valence-corrected chi connectivity index (χ0v) is 26.0. The normalized spacial score (nSPS) is 16.2. The number of hydrogen-bond acceptors (Lipinski definition) is 7. The maximum absolute atomic E-state index is 12.5. The molecule has 0 saturated carbocycles. The molecule has 0 fully saturated rings. The lowest BCUT2D eigenvalue weighted by molar-refractivity contribution is -0.117. The highest BCUT2D eigenvalue weighted by molar-refractivity contribution is 6.35. The van der Waals surface area contributed by atoms with Crippen molar-refractivity contribution in [3.63, 3.8) is 0 Å². The SMILES string of the molecule is CN1Cc2c(Cl)cc(Cl)cc2C(c2cccc(NC(=O)CCOCCOCCOCCN3C(=O)c4ccccc4C3=O)c2)C1. The molecule has 2 heterocycles. The topological polar surface area (TPSA) is 97.4 Å². The van der Waals surface area contributed by atoms with Gasteiger partial charge in [0.2, 0.25) is 5.91 Å². The zero-order chi connectivity index (χ0) is 31.1. The van der Waals surface area contributed by atoms with Crippen LogP contribution in [-0.2, 0) is 25.5 Å². The summed E-state index contributed by atoms with van der Waals surface area (Å²) in [5.74, 6) is -0.636. The summed E-state index contributed by atoms with van der Waals surface area (Å²) in [6, 6.07) is 18.4. The molecular weight excluding hydrogens is 605 g/mol. The Morgan fingerprint density at radius 2 is 1.52 bits per heavy atom. The molecule has 1 N–H and O–H groups in total. The molecule has 2 aliphatic heterocycles. The van der Waals surface area contributed by atoms with Gasteiger partial charge in [-0.1, -0.05) is 47.5 Å². The van der Waals surface area contributed by atoms with Crippen LogP contribution in [0.2, 0.25) is 10.0 Å². The predicted octanol–water partition coefficient (Wildman–Crippen LogP) is 5.25. The van der Waals surface area contributed by atoms with E-state index < -0.39 is 0 Å². The van der Waals surface area contributed by atoms with Gasteiger partial charge in [0.15, 0.2) is 0 Å². The number of fused-ring (bicyclic) bond motifs is 2. The number of nitrogens with zero attached hydrogens (tertiary/aromatic N) is 2. The molecule has 1 unspecified atom stereocenters. The molecular formula is C33H35Cl2N3O6. The molecule has 0 aromatic heterocycles. The van der Waals surface area contributed by atoms with Crippen molar-refractivity contribution in [3.05, 3.63) is 98.5 Å². The molecule has 0 bridgehead atoms. The van der Waals surface area contributed by atoms with E-state index in [4.69, 9.17) is 37.4 Å². The molecule has 9 nitrogen and oxygen atoms in total. The largest absolute Gasteiger partial charge is 0.379 e. The van der Waals surface area contributed by atoms with E-state index in [9.17, 15) is 14.4 Å². The van der Waals surface area contributed by atoms with Crippen molar-refractivity contribution in [2.45, 2.75) is 18.9 Å². The lowest BCUT2D eigenvalue weighted by Crippen LogP contribution is -2.33. The Balaban J connectivity index is 0.950. The summed E-state index contributed by atoms with van der Waals surface area (Å²) in [6.07, 6.45) is 0.214. The smallest absolute Gasteiger partial charge is 0.261 e. The van der Waals surface area contributed by atoms with Crippen molar-refractivity contribution < 1.29 is 28.6 Å². The quantitative estimate of drug-likeness (QED) is 0.190. The standard InChI is InChI=1S/C33H35Cl2N3O6/c1-37-20-28(27-18-23(34)19-30(35)29(27)21-37)22-5-4-6-24(17-22)36-31(39)9-11-42-13-15-44-16-14-43-12-10-38-32(40)25-7-2-3-8-26(25)33(38)41/h2-8,17-19,28H,9-16,20-21H2,1H3,(H,36,39). The Labute approximate surface area is 267 Å². The number of halogens is 2. The minimum absolute atomic E-state index is 0.0851. The van der Waals surface area contributed by atoms with Crippen LogP contribution in [-0.4, -0.2) is 87.3 Å². The van der Waals surface area contributed by atoms with Crippen molar-refractivity contribution in [1.29, 1.82) is 0 Å². The van der Waals surface area contributed by atoms with Gasteiger partial charge in [-0.25, -0.2) is 0 Å². The molecule has 44 heavy (non-hydrogen) atoms. The molecule has 1 atom stereocenters. The van der Waals surface area contributed by atoms with Gasteiger partial charge < -0.3 is 24.4 Å². The lowest BCUT2D eigenvalue weighted by atomic mass is 9.84. The number of nitrogens with one attached hydrogen (secondary N) is 1. The summed E-state index contributed by atoms with van der Waals surface area (Å²) in [5, 5.41) is 4.25. The van der Waals surface area contributed by atoms with Crippen molar-refractivity contribution >= 4 is 46.6 Å². The number of carbonyl (C=O) groups is 3. The van der Waals surface area contributed by atoms with Crippen molar-refractivity contribution in [1.82, 2.24) is 9.80 Å². The third-order valence-electron chi connectivity index (χ3n) is 7.62. The van der Waals surface area contributed by atoms with Gasteiger partial charge in [0.05, 0.1) is 63.7 Å². The van der Waals surface area contributed by atoms with Gasteiger partial charge in [-0.2, -0.15) is 0 Å².